The fraction of sp³-hybridized carbons (Fsp3) is 0.278. The minimum Gasteiger partial charge on any atom is -0.324 e. The average Bonchev–Trinajstić information content (AvgIpc) is 2.84. The van der Waals surface area contributed by atoms with Gasteiger partial charge in [0.05, 0.1) is 0 Å². The number of hydrogen-bond acceptors (Lipinski definition) is 2. The van der Waals surface area contributed by atoms with E-state index in [2.05, 4.69) is 29.7 Å². The van der Waals surface area contributed by atoms with E-state index in [1.54, 1.807) is 0 Å². The van der Waals surface area contributed by atoms with Crippen LogP contribution in [0.2, 0.25) is 0 Å². The quantitative estimate of drug-likeness (QED) is 0.874. The van der Waals surface area contributed by atoms with Crippen molar-refractivity contribution in [3.8, 4) is 0 Å². The lowest BCUT2D eigenvalue weighted by Crippen LogP contribution is -2.31. The van der Waals surface area contributed by atoms with Gasteiger partial charge in [0.1, 0.15) is 6.04 Å². The second kappa shape index (κ2) is 6.10. The zero-order valence-corrected chi connectivity index (χ0v) is 12.2. The van der Waals surface area contributed by atoms with Crippen LogP contribution in [0.4, 0.5) is 5.69 Å². The van der Waals surface area contributed by atoms with Gasteiger partial charge in [-0.1, -0.05) is 61.9 Å². The van der Waals surface area contributed by atoms with E-state index in [0.717, 1.165) is 24.1 Å². The summed E-state index contributed by atoms with van der Waals surface area (Å²) in [5.41, 5.74) is 3.19. The zero-order valence-electron chi connectivity index (χ0n) is 12.2. The number of carbonyl (C=O) groups excluding carboxylic acids is 1. The minimum atomic E-state index is -0.266. The molecule has 1 aliphatic heterocycles. The monoisotopic (exact) mass is 280 g/mol. The summed E-state index contributed by atoms with van der Waals surface area (Å²) in [6.07, 6.45) is 2.08. The third-order valence-corrected chi connectivity index (χ3v) is 3.94. The van der Waals surface area contributed by atoms with Crippen molar-refractivity contribution < 1.29 is 4.79 Å². The number of para-hydroxylation sites is 1. The number of hydrogen-bond donors (Lipinski definition) is 2. The fourth-order valence-electron chi connectivity index (χ4n) is 2.90. The van der Waals surface area contributed by atoms with Crippen molar-refractivity contribution in [2.75, 3.05) is 5.32 Å². The van der Waals surface area contributed by atoms with E-state index >= 15 is 0 Å². The summed E-state index contributed by atoms with van der Waals surface area (Å²) in [5, 5.41) is 6.47. The molecule has 0 bridgehead atoms. The molecule has 2 unspecified atom stereocenters. The lowest BCUT2D eigenvalue weighted by Gasteiger charge is -2.22. The SMILES string of the molecule is CCCC(NC1C(=O)Nc2ccccc21)c1ccccc1. The highest BCUT2D eigenvalue weighted by Gasteiger charge is 2.31. The van der Waals surface area contributed by atoms with E-state index in [4.69, 9.17) is 0 Å². The average molecular weight is 280 g/mol. The molecule has 0 spiro atoms. The molecule has 3 heteroatoms. The molecular formula is C18H20N2O. The summed E-state index contributed by atoms with van der Waals surface area (Å²) >= 11 is 0. The molecule has 0 saturated carbocycles. The van der Waals surface area contributed by atoms with Gasteiger partial charge in [0.15, 0.2) is 0 Å². The van der Waals surface area contributed by atoms with Crippen LogP contribution in [0, 0.1) is 0 Å². The van der Waals surface area contributed by atoms with Gasteiger partial charge in [-0.15, -0.1) is 0 Å². The van der Waals surface area contributed by atoms with Crippen LogP contribution in [0.1, 0.15) is 43.0 Å². The zero-order chi connectivity index (χ0) is 14.7. The molecule has 2 atom stereocenters. The topological polar surface area (TPSA) is 41.1 Å². The maximum atomic E-state index is 12.2. The highest BCUT2D eigenvalue weighted by Crippen LogP contribution is 2.33. The summed E-state index contributed by atoms with van der Waals surface area (Å²) in [7, 11) is 0. The van der Waals surface area contributed by atoms with Crippen LogP contribution in [0.15, 0.2) is 54.6 Å². The second-order valence-electron chi connectivity index (χ2n) is 5.43. The van der Waals surface area contributed by atoms with Gasteiger partial charge in [-0.2, -0.15) is 0 Å². The summed E-state index contributed by atoms with van der Waals surface area (Å²) < 4.78 is 0. The molecular weight excluding hydrogens is 260 g/mol. The van der Waals surface area contributed by atoms with Crippen molar-refractivity contribution in [1.82, 2.24) is 5.32 Å². The third-order valence-electron chi connectivity index (χ3n) is 3.94. The number of fused-ring (bicyclic) bond motifs is 1. The molecule has 1 aliphatic rings. The van der Waals surface area contributed by atoms with Crippen molar-refractivity contribution in [3.63, 3.8) is 0 Å². The maximum absolute atomic E-state index is 12.2. The number of benzene rings is 2. The van der Waals surface area contributed by atoms with E-state index < -0.39 is 0 Å². The molecule has 1 heterocycles. The summed E-state index contributed by atoms with van der Waals surface area (Å²) in [6, 6.07) is 18.2. The Hall–Kier alpha value is -2.13. The molecule has 2 aromatic rings. The molecule has 1 amide bonds. The summed E-state index contributed by atoms with van der Waals surface area (Å²) in [6.45, 7) is 2.17. The van der Waals surface area contributed by atoms with Crippen LogP contribution in [-0.2, 0) is 4.79 Å². The first-order valence-electron chi connectivity index (χ1n) is 7.50. The number of anilines is 1. The fourth-order valence-corrected chi connectivity index (χ4v) is 2.90. The number of nitrogens with one attached hydrogen (secondary N) is 2. The summed E-state index contributed by atoms with van der Waals surface area (Å²) in [4.78, 5) is 12.2. The number of amides is 1. The molecule has 0 fully saturated rings. The van der Waals surface area contributed by atoms with Gasteiger partial charge in [-0.25, -0.2) is 0 Å². The van der Waals surface area contributed by atoms with Crippen LogP contribution in [0.3, 0.4) is 0 Å². The van der Waals surface area contributed by atoms with E-state index in [9.17, 15) is 4.79 Å². The molecule has 0 saturated heterocycles. The van der Waals surface area contributed by atoms with Gasteiger partial charge in [0.2, 0.25) is 5.91 Å². The van der Waals surface area contributed by atoms with Crippen molar-refractivity contribution >= 4 is 11.6 Å². The van der Waals surface area contributed by atoms with E-state index in [1.165, 1.54) is 5.56 Å². The Morgan fingerprint density at radius 2 is 1.81 bits per heavy atom. The van der Waals surface area contributed by atoms with Crippen molar-refractivity contribution in [2.45, 2.75) is 31.8 Å². The lowest BCUT2D eigenvalue weighted by molar-refractivity contribution is -0.117. The van der Waals surface area contributed by atoms with Gasteiger partial charge < -0.3 is 5.32 Å². The van der Waals surface area contributed by atoms with Crippen molar-refractivity contribution in [1.29, 1.82) is 0 Å². The van der Waals surface area contributed by atoms with Crippen LogP contribution >= 0.6 is 0 Å². The molecule has 0 aromatic heterocycles. The second-order valence-corrected chi connectivity index (χ2v) is 5.43. The summed E-state index contributed by atoms with van der Waals surface area (Å²) in [5.74, 6) is 0.0354. The largest absolute Gasteiger partial charge is 0.324 e. The van der Waals surface area contributed by atoms with E-state index in [1.807, 2.05) is 42.5 Å². The van der Waals surface area contributed by atoms with Crippen LogP contribution in [-0.4, -0.2) is 5.91 Å². The minimum absolute atomic E-state index is 0.0354. The Kier molecular flexibility index (Phi) is 4.02. The smallest absolute Gasteiger partial charge is 0.246 e. The molecule has 21 heavy (non-hydrogen) atoms. The molecule has 108 valence electrons. The Labute approximate surface area is 125 Å². The van der Waals surface area contributed by atoms with Gasteiger partial charge >= 0.3 is 0 Å². The van der Waals surface area contributed by atoms with Crippen LogP contribution in [0.25, 0.3) is 0 Å². The van der Waals surface area contributed by atoms with E-state index in [-0.39, 0.29) is 18.0 Å². The van der Waals surface area contributed by atoms with Crippen LogP contribution < -0.4 is 10.6 Å². The van der Waals surface area contributed by atoms with Gasteiger partial charge in [-0.05, 0) is 18.1 Å². The highest BCUT2D eigenvalue weighted by atomic mass is 16.2. The van der Waals surface area contributed by atoms with Crippen molar-refractivity contribution in [2.24, 2.45) is 0 Å². The Morgan fingerprint density at radius 1 is 1.10 bits per heavy atom. The molecule has 0 radical (unpaired) electrons. The first-order chi connectivity index (χ1) is 10.3. The van der Waals surface area contributed by atoms with Gasteiger partial charge in [0.25, 0.3) is 0 Å². The molecule has 3 rings (SSSR count). The Bertz CT molecular complexity index is 624. The standard InChI is InChI=1S/C18H20N2O/c1-2-8-15(13-9-4-3-5-10-13)19-17-14-11-6-7-12-16(14)20-18(17)21/h3-7,9-12,15,17,19H,2,8H2,1H3,(H,20,21). The van der Waals surface area contributed by atoms with E-state index in [0.29, 0.717) is 0 Å². The lowest BCUT2D eigenvalue weighted by atomic mass is 9.99. The van der Waals surface area contributed by atoms with Gasteiger partial charge in [0, 0.05) is 17.3 Å². The normalized spacial score (nSPS) is 18.1. The maximum Gasteiger partial charge on any atom is 0.246 e. The Balaban J connectivity index is 1.85. The molecule has 0 aliphatic carbocycles. The van der Waals surface area contributed by atoms with Crippen molar-refractivity contribution in [3.05, 3.63) is 65.7 Å². The number of carbonyl (C=O) groups is 1. The predicted molar refractivity (Wildman–Crippen MR) is 85.0 cm³/mol. The number of rotatable bonds is 5. The first-order valence-corrected chi connectivity index (χ1v) is 7.50. The third kappa shape index (κ3) is 2.83. The van der Waals surface area contributed by atoms with Crippen LogP contribution in [0.5, 0.6) is 0 Å². The molecule has 3 nitrogen and oxygen atoms in total. The predicted octanol–water partition coefficient (Wildman–Crippen LogP) is 3.81. The molecule has 2 aromatic carbocycles. The molecule has 2 N–H and O–H groups in total. The van der Waals surface area contributed by atoms with Gasteiger partial charge in [-0.3, -0.25) is 10.1 Å². The first kappa shape index (κ1) is 13.8. The Morgan fingerprint density at radius 3 is 2.57 bits per heavy atom. The highest BCUT2D eigenvalue weighted by molar-refractivity contribution is 6.02.